The number of furan rings is 3. The van der Waals surface area contributed by atoms with Crippen LogP contribution in [0.5, 0.6) is 0 Å². The van der Waals surface area contributed by atoms with Crippen molar-refractivity contribution in [2.24, 2.45) is 9.98 Å². The zero-order chi connectivity index (χ0) is 34.3. The zero-order valence-electron chi connectivity index (χ0n) is 28.1. The standard InChI is InChI=1S/C46H29N3O3/c1-49-45(27-9-3-2-4-10-27)47-44(48-46(49)31-18-22-41-37(24-31)33-12-6-8-14-39(33)51-41)30-16-20-35-34-19-15-29(25-42(34)52-43(35)26-30)28-17-21-40-36(23-28)32-11-5-7-13-38(32)50-40/h2-26,46H,1H3. The van der Waals surface area contributed by atoms with Crippen molar-refractivity contribution in [1.82, 2.24) is 4.90 Å². The summed E-state index contributed by atoms with van der Waals surface area (Å²) in [5, 5.41) is 6.50. The highest BCUT2D eigenvalue weighted by atomic mass is 16.3. The first kappa shape index (κ1) is 28.9. The van der Waals surface area contributed by atoms with Gasteiger partial charge in [0, 0.05) is 50.5 Å². The van der Waals surface area contributed by atoms with Crippen LogP contribution in [0.3, 0.4) is 0 Å². The molecule has 0 bridgehead atoms. The predicted octanol–water partition coefficient (Wildman–Crippen LogP) is 11.9. The number of hydrogen-bond donors (Lipinski definition) is 0. The van der Waals surface area contributed by atoms with Crippen molar-refractivity contribution in [3.8, 4) is 11.1 Å². The van der Waals surface area contributed by atoms with Crippen LogP contribution in [0.1, 0.15) is 22.9 Å². The Kier molecular flexibility index (Phi) is 6.13. The summed E-state index contributed by atoms with van der Waals surface area (Å²) in [5.41, 5.74) is 10.3. The molecule has 0 saturated carbocycles. The summed E-state index contributed by atoms with van der Waals surface area (Å²) in [5.74, 6) is 1.51. The molecule has 10 aromatic rings. The van der Waals surface area contributed by atoms with Crippen molar-refractivity contribution in [2.45, 2.75) is 6.17 Å². The van der Waals surface area contributed by atoms with Gasteiger partial charge in [0.2, 0.25) is 0 Å². The highest BCUT2D eigenvalue weighted by Gasteiger charge is 2.28. The molecule has 0 N–H and O–H groups in total. The van der Waals surface area contributed by atoms with E-state index in [1.54, 1.807) is 0 Å². The summed E-state index contributed by atoms with van der Waals surface area (Å²) in [4.78, 5) is 12.6. The monoisotopic (exact) mass is 671 g/mol. The van der Waals surface area contributed by atoms with Crippen molar-refractivity contribution in [2.75, 3.05) is 7.05 Å². The minimum absolute atomic E-state index is 0.306. The van der Waals surface area contributed by atoms with Gasteiger partial charge >= 0.3 is 0 Å². The van der Waals surface area contributed by atoms with E-state index in [2.05, 4.69) is 103 Å². The van der Waals surface area contributed by atoms with Crippen LogP contribution in [0, 0.1) is 0 Å². The zero-order valence-corrected chi connectivity index (χ0v) is 28.1. The highest BCUT2D eigenvalue weighted by Crippen LogP contribution is 2.38. The van der Waals surface area contributed by atoms with Gasteiger partial charge in [-0.15, -0.1) is 0 Å². The molecule has 1 aliphatic heterocycles. The molecule has 1 unspecified atom stereocenters. The van der Waals surface area contributed by atoms with E-state index < -0.39 is 0 Å². The molecule has 1 atom stereocenters. The van der Waals surface area contributed by atoms with Crippen molar-refractivity contribution < 1.29 is 13.3 Å². The maximum absolute atomic E-state index is 6.57. The molecule has 246 valence electrons. The molecule has 11 rings (SSSR count). The molecule has 0 aliphatic carbocycles. The first-order valence-corrected chi connectivity index (χ1v) is 17.4. The second-order valence-corrected chi connectivity index (χ2v) is 13.4. The first-order chi connectivity index (χ1) is 25.6. The van der Waals surface area contributed by atoms with Crippen molar-refractivity contribution >= 4 is 77.5 Å². The molecule has 0 fully saturated rings. The van der Waals surface area contributed by atoms with E-state index in [0.29, 0.717) is 5.84 Å². The van der Waals surface area contributed by atoms with E-state index in [0.717, 1.165) is 99.5 Å². The average Bonchev–Trinajstić information content (AvgIpc) is 3.88. The molecular weight excluding hydrogens is 643 g/mol. The second-order valence-electron chi connectivity index (χ2n) is 13.4. The maximum Gasteiger partial charge on any atom is 0.159 e. The van der Waals surface area contributed by atoms with Crippen LogP contribution in [-0.4, -0.2) is 23.6 Å². The molecule has 6 heteroatoms. The Balaban J connectivity index is 1.02. The van der Waals surface area contributed by atoms with Crippen LogP contribution >= 0.6 is 0 Å². The van der Waals surface area contributed by atoms with Crippen LogP contribution in [0.2, 0.25) is 0 Å². The fourth-order valence-corrected chi connectivity index (χ4v) is 7.72. The summed E-state index contributed by atoms with van der Waals surface area (Å²) in [7, 11) is 2.06. The number of fused-ring (bicyclic) bond motifs is 9. The Hall–Kier alpha value is -6.92. The van der Waals surface area contributed by atoms with E-state index in [1.165, 1.54) is 0 Å². The van der Waals surface area contributed by atoms with E-state index >= 15 is 0 Å². The van der Waals surface area contributed by atoms with E-state index in [1.807, 2.05) is 60.7 Å². The molecule has 1 aliphatic rings. The van der Waals surface area contributed by atoms with Gasteiger partial charge < -0.3 is 18.2 Å². The minimum Gasteiger partial charge on any atom is -0.456 e. The number of aliphatic imine (C=N–C) groups is 2. The predicted molar refractivity (Wildman–Crippen MR) is 210 cm³/mol. The van der Waals surface area contributed by atoms with Gasteiger partial charge in [0.15, 0.2) is 12.0 Å². The highest BCUT2D eigenvalue weighted by molar-refractivity contribution is 6.15. The molecular formula is C46H29N3O3. The summed E-state index contributed by atoms with van der Waals surface area (Å²) in [6.45, 7) is 0. The first-order valence-electron chi connectivity index (χ1n) is 17.4. The third kappa shape index (κ3) is 4.44. The van der Waals surface area contributed by atoms with Gasteiger partial charge in [0.1, 0.15) is 39.3 Å². The second kappa shape index (κ2) is 11.0. The Labute approximate surface area is 297 Å². The summed E-state index contributed by atoms with van der Waals surface area (Å²) in [6, 6.07) is 52.1. The van der Waals surface area contributed by atoms with Crippen LogP contribution in [0.15, 0.2) is 175 Å². The van der Waals surface area contributed by atoms with E-state index in [4.69, 9.17) is 23.2 Å². The number of amidine groups is 2. The van der Waals surface area contributed by atoms with Gasteiger partial charge in [-0.25, -0.2) is 9.98 Å². The number of para-hydroxylation sites is 2. The molecule has 0 radical (unpaired) electrons. The third-order valence-electron chi connectivity index (χ3n) is 10.3. The lowest BCUT2D eigenvalue weighted by Crippen LogP contribution is -2.35. The SMILES string of the molecule is CN1C(c2ccccc2)=NC(c2ccc3c(c2)oc2cc(-c4ccc5oc6ccccc6c5c4)ccc23)=NC1c1ccc2oc3ccccc3c2c1. The normalized spacial score (nSPS) is 15.0. The lowest BCUT2D eigenvalue weighted by Gasteiger charge is -2.32. The molecule has 6 nitrogen and oxygen atoms in total. The largest absolute Gasteiger partial charge is 0.456 e. The maximum atomic E-state index is 6.57. The van der Waals surface area contributed by atoms with Gasteiger partial charge in [0.05, 0.1) is 0 Å². The summed E-state index contributed by atoms with van der Waals surface area (Å²) in [6.07, 6.45) is -0.306. The molecule has 0 spiro atoms. The number of rotatable bonds is 4. The van der Waals surface area contributed by atoms with Crippen molar-refractivity contribution in [1.29, 1.82) is 0 Å². The Bertz CT molecular complexity index is 3110. The fraction of sp³-hybridized carbons (Fsp3) is 0.0435. The Morgan fingerprint density at radius 1 is 0.423 bits per heavy atom. The van der Waals surface area contributed by atoms with Crippen LogP contribution in [0.4, 0.5) is 0 Å². The van der Waals surface area contributed by atoms with Crippen molar-refractivity contribution in [3.63, 3.8) is 0 Å². The summed E-state index contributed by atoms with van der Waals surface area (Å²) < 4.78 is 18.8. The number of benzene rings is 7. The molecule has 4 heterocycles. The Morgan fingerprint density at radius 3 is 1.67 bits per heavy atom. The number of nitrogens with zero attached hydrogens (tertiary/aromatic N) is 3. The van der Waals surface area contributed by atoms with E-state index in [-0.39, 0.29) is 6.17 Å². The van der Waals surface area contributed by atoms with Gasteiger partial charge in [0.25, 0.3) is 0 Å². The van der Waals surface area contributed by atoms with Crippen LogP contribution < -0.4 is 0 Å². The lowest BCUT2D eigenvalue weighted by molar-refractivity contribution is 0.383. The minimum atomic E-state index is -0.306. The smallest absolute Gasteiger partial charge is 0.159 e. The average molecular weight is 672 g/mol. The van der Waals surface area contributed by atoms with Crippen molar-refractivity contribution in [3.05, 3.63) is 168 Å². The van der Waals surface area contributed by atoms with Gasteiger partial charge in [-0.2, -0.15) is 0 Å². The molecule has 0 saturated heterocycles. The Morgan fingerprint density at radius 2 is 0.942 bits per heavy atom. The third-order valence-corrected chi connectivity index (χ3v) is 10.3. The molecule has 0 amide bonds. The van der Waals surface area contributed by atoms with Crippen LogP contribution in [0.25, 0.3) is 76.9 Å². The lowest BCUT2D eigenvalue weighted by atomic mass is 10.0. The molecule has 52 heavy (non-hydrogen) atoms. The van der Waals surface area contributed by atoms with Crippen LogP contribution in [-0.2, 0) is 0 Å². The summed E-state index contributed by atoms with van der Waals surface area (Å²) >= 11 is 0. The van der Waals surface area contributed by atoms with Gasteiger partial charge in [-0.3, -0.25) is 0 Å². The fourth-order valence-electron chi connectivity index (χ4n) is 7.72. The van der Waals surface area contributed by atoms with E-state index in [9.17, 15) is 0 Å². The van der Waals surface area contributed by atoms with Gasteiger partial charge in [-0.05, 0) is 77.4 Å². The van der Waals surface area contributed by atoms with Gasteiger partial charge in [-0.1, -0.05) is 91.0 Å². The molecule has 3 aromatic heterocycles. The quantitative estimate of drug-likeness (QED) is 0.187. The topological polar surface area (TPSA) is 67.4 Å². The molecule has 7 aromatic carbocycles. The number of hydrogen-bond acceptors (Lipinski definition) is 6.